The van der Waals surface area contributed by atoms with Crippen molar-refractivity contribution in [2.75, 3.05) is 13.7 Å². The molecular formula is C16H38O6Si3. The van der Waals surface area contributed by atoms with Crippen molar-refractivity contribution in [3.63, 3.8) is 0 Å². The van der Waals surface area contributed by atoms with Gasteiger partial charge >= 0.3 is 0 Å². The zero-order valence-corrected chi connectivity index (χ0v) is 20.6. The molecule has 0 bridgehead atoms. The lowest BCUT2D eigenvalue weighted by Crippen LogP contribution is -2.64. The summed E-state index contributed by atoms with van der Waals surface area (Å²) in [5, 5.41) is 10.6. The van der Waals surface area contributed by atoms with E-state index in [0.717, 1.165) is 0 Å². The first-order chi connectivity index (χ1) is 11.1. The molecule has 0 aromatic rings. The third-order valence-corrected chi connectivity index (χ3v) is 6.53. The first-order valence-corrected chi connectivity index (χ1v) is 19.2. The van der Waals surface area contributed by atoms with E-state index in [4.69, 9.17) is 22.8 Å². The van der Waals surface area contributed by atoms with Crippen molar-refractivity contribution in [3.8, 4) is 0 Å². The van der Waals surface area contributed by atoms with Crippen LogP contribution in [0, 0.1) is 0 Å². The molecule has 1 saturated heterocycles. The number of hydrogen-bond donors (Lipinski definition) is 1. The largest absolute Gasteiger partial charge is 0.415 e. The highest BCUT2D eigenvalue weighted by molar-refractivity contribution is 6.70. The maximum atomic E-state index is 10.6. The summed E-state index contributed by atoms with van der Waals surface area (Å²) in [5.41, 5.74) is 0. The number of aliphatic hydroxyl groups excluding tert-OH is 1. The first kappa shape index (κ1) is 23.5. The van der Waals surface area contributed by atoms with Gasteiger partial charge < -0.3 is 27.9 Å². The Morgan fingerprint density at radius 3 is 1.64 bits per heavy atom. The predicted molar refractivity (Wildman–Crippen MR) is 107 cm³/mol. The molecule has 0 spiro atoms. The minimum Gasteiger partial charge on any atom is -0.415 e. The Labute approximate surface area is 156 Å². The van der Waals surface area contributed by atoms with Crippen LogP contribution in [0.25, 0.3) is 0 Å². The van der Waals surface area contributed by atoms with Gasteiger partial charge in [-0.15, -0.1) is 0 Å². The highest BCUT2D eigenvalue weighted by Crippen LogP contribution is 2.31. The SMILES string of the molecule is CO[C@H]1[C@H](O[Si](C)(C)C)[C@@H](O[Si](C)(C)C)[C@H](O)O[C@@H]1CO[Si](C)(C)C. The van der Waals surface area contributed by atoms with Gasteiger partial charge in [0, 0.05) is 7.11 Å². The van der Waals surface area contributed by atoms with E-state index in [1.165, 1.54) is 0 Å². The second kappa shape index (κ2) is 8.61. The zero-order valence-electron chi connectivity index (χ0n) is 17.6. The molecule has 150 valence electrons. The zero-order chi connectivity index (χ0) is 19.6. The van der Waals surface area contributed by atoms with Gasteiger partial charge in [-0.1, -0.05) is 0 Å². The summed E-state index contributed by atoms with van der Waals surface area (Å²) < 4.78 is 30.2. The Morgan fingerprint density at radius 1 is 0.760 bits per heavy atom. The van der Waals surface area contributed by atoms with E-state index < -0.39 is 37.3 Å². The van der Waals surface area contributed by atoms with E-state index in [9.17, 15) is 5.11 Å². The molecule has 1 aliphatic heterocycles. The van der Waals surface area contributed by atoms with Crippen LogP contribution in [0.5, 0.6) is 0 Å². The van der Waals surface area contributed by atoms with Crippen molar-refractivity contribution >= 4 is 25.0 Å². The van der Waals surface area contributed by atoms with E-state index in [-0.39, 0.29) is 18.3 Å². The highest BCUT2D eigenvalue weighted by atomic mass is 28.4. The molecule has 1 N–H and O–H groups in total. The molecule has 0 saturated carbocycles. The molecular weight excluding hydrogens is 372 g/mol. The second-order valence-corrected chi connectivity index (χ2v) is 23.0. The van der Waals surface area contributed by atoms with Crippen molar-refractivity contribution in [1.82, 2.24) is 0 Å². The van der Waals surface area contributed by atoms with Gasteiger partial charge in [-0.3, -0.25) is 0 Å². The summed E-state index contributed by atoms with van der Waals surface area (Å²) in [4.78, 5) is 0. The summed E-state index contributed by atoms with van der Waals surface area (Å²) in [6, 6.07) is 0. The normalized spacial score (nSPS) is 32.0. The van der Waals surface area contributed by atoms with Crippen LogP contribution in [-0.2, 0) is 22.8 Å². The number of ether oxygens (including phenoxy) is 2. The Bertz CT molecular complexity index is 416. The van der Waals surface area contributed by atoms with E-state index in [0.29, 0.717) is 6.61 Å². The number of methoxy groups -OCH3 is 1. The first-order valence-electron chi connectivity index (χ1n) is 8.99. The molecule has 25 heavy (non-hydrogen) atoms. The maximum absolute atomic E-state index is 10.6. The van der Waals surface area contributed by atoms with Gasteiger partial charge in [-0.25, -0.2) is 0 Å². The molecule has 0 aromatic carbocycles. The van der Waals surface area contributed by atoms with Crippen LogP contribution in [0.1, 0.15) is 0 Å². The van der Waals surface area contributed by atoms with Crippen LogP contribution in [0.3, 0.4) is 0 Å². The van der Waals surface area contributed by atoms with Gasteiger partial charge in [0.2, 0.25) is 0 Å². The molecule has 0 unspecified atom stereocenters. The maximum Gasteiger partial charge on any atom is 0.184 e. The summed E-state index contributed by atoms with van der Waals surface area (Å²) in [5.74, 6) is 0. The topological polar surface area (TPSA) is 66.4 Å². The molecule has 0 aromatic heterocycles. The van der Waals surface area contributed by atoms with Gasteiger partial charge in [-0.05, 0) is 58.9 Å². The Balaban J connectivity index is 3.06. The van der Waals surface area contributed by atoms with Crippen LogP contribution in [0.4, 0.5) is 0 Å². The van der Waals surface area contributed by atoms with E-state index in [2.05, 4.69) is 58.9 Å². The van der Waals surface area contributed by atoms with E-state index >= 15 is 0 Å². The molecule has 0 aliphatic carbocycles. The van der Waals surface area contributed by atoms with Crippen molar-refractivity contribution in [1.29, 1.82) is 0 Å². The monoisotopic (exact) mass is 410 g/mol. The van der Waals surface area contributed by atoms with Crippen LogP contribution in [0.15, 0.2) is 0 Å². The van der Waals surface area contributed by atoms with Crippen molar-refractivity contribution in [2.45, 2.75) is 89.6 Å². The van der Waals surface area contributed by atoms with Crippen LogP contribution in [-0.4, -0.2) is 74.5 Å². The third-order valence-electron chi connectivity index (χ3n) is 3.54. The molecule has 1 aliphatic rings. The summed E-state index contributed by atoms with van der Waals surface area (Å²) in [6.07, 6.45) is -2.69. The van der Waals surface area contributed by atoms with Gasteiger partial charge in [0.25, 0.3) is 0 Å². The smallest absolute Gasteiger partial charge is 0.184 e. The van der Waals surface area contributed by atoms with Crippen molar-refractivity contribution in [3.05, 3.63) is 0 Å². The average molecular weight is 411 g/mol. The average Bonchev–Trinajstić information content (AvgIpc) is 2.37. The number of rotatable bonds is 8. The van der Waals surface area contributed by atoms with Crippen LogP contribution >= 0.6 is 0 Å². The number of hydrogen-bond acceptors (Lipinski definition) is 6. The molecule has 6 nitrogen and oxygen atoms in total. The standard InChI is InChI=1S/C16H38O6Si3/c1-18-13-12(11-19-23(2,3)4)20-16(17)15(22-25(8,9)10)14(13)21-24(5,6)7/h12-17H,11H2,1-10H3/t12-,13-,14+,15-,16-/m1/s1. The molecule has 0 radical (unpaired) electrons. The lowest BCUT2D eigenvalue weighted by molar-refractivity contribution is -0.282. The fourth-order valence-electron chi connectivity index (χ4n) is 2.72. The minimum absolute atomic E-state index is 0.340. The predicted octanol–water partition coefficient (Wildman–Crippen LogP) is 3.01. The molecule has 5 atom stereocenters. The molecule has 1 heterocycles. The van der Waals surface area contributed by atoms with Crippen LogP contribution < -0.4 is 0 Å². The fourth-order valence-corrected chi connectivity index (χ4v) is 5.54. The summed E-state index contributed by atoms with van der Waals surface area (Å²) >= 11 is 0. The van der Waals surface area contributed by atoms with Crippen molar-refractivity contribution in [2.24, 2.45) is 0 Å². The highest BCUT2D eigenvalue weighted by Gasteiger charge is 2.49. The summed E-state index contributed by atoms with van der Waals surface area (Å²) in [6.45, 7) is 19.4. The lowest BCUT2D eigenvalue weighted by atomic mass is 9.99. The quantitative estimate of drug-likeness (QED) is 0.621. The second-order valence-electron chi connectivity index (χ2n) is 9.58. The molecule has 9 heteroatoms. The van der Waals surface area contributed by atoms with E-state index in [1.54, 1.807) is 7.11 Å². The third kappa shape index (κ3) is 8.31. The Kier molecular flexibility index (Phi) is 8.08. The van der Waals surface area contributed by atoms with Crippen molar-refractivity contribution < 1.29 is 27.9 Å². The minimum atomic E-state index is -1.90. The fraction of sp³-hybridized carbons (Fsp3) is 1.00. The van der Waals surface area contributed by atoms with E-state index in [1.807, 2.05) is 0 Å². The van der Waals surface area contributed by atoms with Gasteiger partial charge in [-0.2, -0.15) is 0 Å². The Morgan fingerprint density at radius 2 is 1.24 bits per heavy atom. The molecule has 1 rings (SSSR count). The van der Waals surface area contributed by atoms with Gasteiger partial charge in [0.15, 0.2) is 31.2 Å². The molecule has 0 amide bonds. The lowest BCUT2D eigenvalue weighted by Gasteiger charge is -2.48. The number of aliphatic hydroxyl groups is 1. The van der Waals surface area contributed by atoms with Crippen LogP contribution in [0.2, 0.25) is 58.9 Å². The molecule has 1 fully saturated rings. The Hall–Kier alpha value is 0.411. The van der Waals surface area contributed by atoms with Gasteiger partial charge in [0.05, 0.1) is 6.61 Å². The summed E-state index contributed by atoms with van der Waals surface area (Å²) in [7, 11) is -3.83. The van der Waals surface area contributed by atoms with Gasteiger partial charge in [0.1, 0.15) is 24.4 Å².